The van der Waals surface area contributed by atoms with E-state index in [4.69, 9.17) is 11.6 Å². The molecule has 3 rings (SSSR count). The lowest BCUT2D eigenvalue weighted by atomic mass is 9.85. The number of hydrogen-bond donors (Lipinski definition) is 1. The molecule has 1 unspecified atom stereocenters. The van der Waals surface area contributed by atoms with Crippen molar-refractivity contribution in [1.29, 1.82) is 0 Å². The summed E-state index contributed by atoms with van der Waals surface area (Å²) >= 11 is 5.89. The third-order valence-corrected chi connectivity index (χ3v) is 5.15. The van der Waals surface area contributed by atoms with Gasteiger partial charge in [0.25, 0.3) is 0 Å². The Morgan fingerprint density at radius 2 is 1.82 bits per heavy atom. The molecule has 2 fully saturated rings. The second-order valence-electron chi connectivity index (χ2n) is 6.71. The molecule has 1 N–H and O–H groups in total. The molecule has 1 atom stereocenters. The Hall–Kier alpha value is -1.39. The second-order valence-corrected chi connectivity index (χ2v) is 7.15. The fourth-order valence-electron chi connectivity index (χ4n) is 3.74. The van der Waals surface area contributed by atoms with Gasteiger partial charge in [0.1, 0.15) is 6.54 Å². The van der Waals surface area contributed by atoms with Gasteiger partial charge in [0, 0.05) is 17.0 Å². The Bertz CT molecular complexity index is 579. The van der Waals surface area contributed by atoms with Gasteiger partial charge in [-0.05, 0) is 25.0 Å². The Balaban J connectivity index is 1.63. The molecule has 1 saturated heterocycles. The summed E-state index contributed by atoms with van der Waals surface area (Å²) < 4.78 is 0. The van der Waals surface area contributed by atoms with Gasteiger partial charge in [-0.2, -0.15) is 0 Å². The predicted octanol–water partition coefficient (Wildman–Crippen LogP) is 1.63. The van der Waals surface area contributed by atoms with Gasteiger partial charge in [-0.1, -0.05) is 36.6 Å². The molecule has 5 heteroatoms. The molecule has 2 amide bonds. The maximum atomic E-state index is 12.6. The van der Waals surface area contributed by atoms with Gasteiger partial charge in [0.2, 0.25) is 11.8 Å². The molecule has 1 aromatic rings. The van der Waals surface area contributed by atoms with Gasteiger partial charge in [-0.25, -0.2) is 4.90 Å². The lowest BCUT2D eigenvalue weighted by molar-refractivity contribution is -0.901. The molecule has 1 aromatic carbocycles. The summed E-state index contributed by atoms with van der Waals surface area (Å²) in [6.45, 7) is 1.21. The highest BCUT2D eigenvalue weighted by Crippen LogP contribution is 2.46. The average Bonchev–Trinajstić information content (AvgIpc) is 3.03. The van der Waals surface area contributed by atoms with Crippen molar-refractivity contribution in [3.63, 3.8) is 0 Å². The molecule has 22 heavy (non-hydrogen) atoms. The molecular formula is C17H22ClN2O2+. The number of halogens is 1. The van der Waals surface area contributed by atoms with Crippen LogP contribution < -0.4 is 4.90 Å². The summed E-state index contributed by atoms with van der Waals surface area (Å²) in [6.07, 6.45) is 4.31. The highest BCUT2D eigenvalue weighted by atomic mass is 35.5. The first-order valence-electron chi connectivity index (χ1n) is 7.91. The second kappa shape index (κ2) is 6.01. The number of nitrogens with one attached hydrogen (secondary N) is 1. The van der Waals surface area contributed by atoms with Crippen LogP contribution in [0.25, 0.3) is 0 Å². The van der Waals surface area contributed by atoms with Crippen LogP contribution in [0.2, 0.25) is 5.02 Å². The molecule has 118 valence electrons. The van der Waals surface area contributed by atoms with Gasteiger partial charge in [-0.15, -0.1) is 0 Å². The monoisotopic (exact) mass is 321 g/mol. The summed E-state index contributed by atoms with van der Waals surface area (Å²) in [5, 5.41) is 0.717. The van der Waals surface area contributed by atoms with E-state index in [1.807, 2.05) is 31.3 Å². The molecule has 1 aliphatic heterocycles. The fourth-order valence-corrected chi connectivity index (χ4v) is 3.86. The smallest absolute Gasteiger partial charge is 0.240 e. The zero-order chi connectivity index (χ0) is 15.7. The van der Waals surface area contributed by atoms with E-state index in [2.05, 4.69) is 0 Å². The van der Waals surface area contributed by atoms with E-state index in [0.29, 0.717) is 13.1 Å². The Morgan fingerprint density at radius 1 is 1.18 bits per heavy atom. The number of imide groups is 1. The number of carbonyl (C=O) groups excluding carboxylic acids is 2. The van der Waals surface area contributed by atoms with Crippen molar-refractivity contribution in [2.75, 3.05) is 13.7 Å². The average molecular weight is 322 g/mol. The number of quaternary nitrogens is 1. The van der Waals surface area contributed by atoms with Crippen LogP contribution in [0.4, 0.5) is 0 Å². The van der Waals surface area contributed by atoms with Crippen LogP contribution in [0.5, 0.6) is 0 Å². The summed E-state index contributed by atoms with van der Waals surface area (Å²) in [4.78, 5) is 27.5. The van der Waals surface area contributed by atoms with E-state index < -0.39 is 0 Å². The predicted molar refractivity (Wildman–Crippen MR) is 84.3 cm³/mol. The summed E-state index contributed by atoms with van der Waals surface area (Å²) in [6, 6.07) is 7.70. The van der Waals surface area contributed by atoms with Crippen LogP contribution in [0, 0.1) is 5.41 Å². The van der Waals surface area contributed by atoms with Crippen molar-refractivity contribution in [1.82, 2.24) is 4.90 Å². The van der Waals surface area contributed by atoms with Crippen LogP contribution in [0.15, 0.2) is 24.3 Å². The maximum absolute atomic E-state index is 12.6. The Labute approximate surface area is 136 Å². The third-order valence-electron chi connectivity index (χ3n) is 4.90. The highest BCUT2D eigenvalue weighted by Gasteiger charge is 2.53. The summed E-state index contributed by atoms with van der Waals surface area (Å²) in [7, 11) is 2.01. The van der Waals surface area contributed by atoms with E-state index in [0.717, 1.165) is 47.7 Å². The molecule has 4 nitrogen and oxygen atoms in total. The van der Waals surface area contributed by atoms with Gasteiger partial charge in [-0.3, -0.25) is 9.59 Å². The van der Waals surface area contributed by atoms with Gasteiger partial charge in [0.15, 0.2) is 6.67 Å². The molecule has 1 spiro atoms. The van der Waals surface area contributed by atoms with E-state index >= 15 is 0 Å². The van der Waals surface area contributed by atoms with Crippen LogP contribution in [-0.4, -0.2) is 30.4 Å². The standard InChI is InChI=1S/C17H21ClN2O2/c1-19(11-13-4-6-14(18)7-5-13)12-20-15(21)10-17(16(20)22)8-2-3-9-17/h4-7H,2-3,8-12H2,1H3/p+1. The van der Waals surface area contributed by atoms with Gasteiger partial charge in [0.05, 0.1) is 12.5 Å². The molecular weight excluding hydrogens is 300 g/mol. The third kappa shape index (κ3) is 2.90. The van der Waals surface area contributed by atoms with Crippen LogP contribution in [0.1, 0.15) is 37.7 Å². The molecule has 1 saturated carbocycles. The molecule has 1 heterocycles. The lowest BCUT2D eigenvalue weighted by Crippen LogP contribution is -3.09. The van der Waals surface area contributed by atoms with Crippen molar-refractivity contribution in [2.45, 2.75) is 38.6 Å². The summed E-state index contributed by atoms with van der Waals surface area (Å²) in [5.74, 6) is 0.0628. The van der Waals surface area contributed by atoms with Crippen molar-refractivity contribution in [3.8, 4) is 0 Å². The molecule has 1 aliphatic carbocycles. The van der Waals surface area contributed by atoms with Crippen LogP contribution in [0.3, 0.4) is 0 Å². The van der Waals surface area contributed by atoms with Crippen molar-refractivity contribution in [3.05, 3.63) is 34.9 Å². The normalized spacial score (nSPS) is 21.8. The molecule has 2 aliphatic rings. The first kappa shape index (κ1) is 15.5. The minimum atomic E-state index is -0.363. The van der Waals surface area contributed by atoms with Crippen molar-refractivity contribution < 1.29 is 14.5 Å². The van der Waals surface area contributed by atoms with E-state index in [9.17, 15) is 9.59 Å². The topological polar surface area (TPSA) is 41.8 Å². The van der Waals surface area contributed by atoms with Crippen LogP contribution in [-0.2, 0) is 16.1 Å². The van der Waals surface area contributed by atoms with Gasteiger partial charge >= 0.3 is 0 Å². The van der Waals surface area contributed by atoms with Crippen LogP contribution >= 0.6 is 11.6 Å². The zero-order valence-electron chi connectivity index (χ0n) is 12.9. The number of rotatable bonds is 4. The van der Waals surface area contributed by atoms with Crippen molar-refractivity contribution in [2.24, 2.45) is 5.41 Å². The van der Waals surface area contributed by atoms with Crippen molar-refractivity contribution >= 4 is 23.4 Å². The fraction of sp³-hybridized carbons (Fsp3) is 0.529. The Kier molecular flexibility index (Phi) is 4.24. The zero-order valence-corrected chi connectivity index (χ0v) is 13.7. The van der Waals surface area contributed by atoms with Gasteiger partial charge < -0.3 is 4.90 Å². The Morgan fingerprint density at radius 3 is 2.45 bits per heavy atom. The minimum Gasteiger partial charge on any atom is -0.316 e. The molecule has 0 radical (unpaired) electrons. The maximum Gasteiger partial charge on any atom is 0.240 e. The first-order valence-corrected chi connectivity index (χ1v) is 8.28. The number of likely N-dealkylation sites (tertiary alicyclic amines) is 1. The number of nitrogens with zero attached hydrogens (tertiary/aromatic N) is 1. The lowest BCUT2D eigenvalue weighted by Gasteiger charge is -2.23. The van der Waals surface area contributed by atoms with E-state index in [1.165, 1.54) is 4.90 Å². The number of carbonyl (C=O) groups is 2. The quantitative estimate of drug-likeness (QED) is 0.857. The number of benzene rings is 1. The van der Waals surface area contributed by atoms with E-state index in [1.54, 1.807) is 0 Å². The summed E-state index contributed by atoms with van der Waals surface area (Å²) in [5.41, 5.74) is 0.786. The first-order chi connectivity index (χ1) is 10.5. The highest BCUT2D eigenvalue weighted by molar-refractivity contribution is 6.30. The molecule has 0 aromatic heterocycles. The minimum absolute atomic E-state index is 0.00218. The largest absolute Gasteiger partial charge is 0.316 e. The number of amides is 2. The SMILES string of the molecule is C[NH+](Cc1ccc(Cl)cc1)CN1C(=O)CC2(CCCC2)C1=O. The number of hydrogen-bond acceptors (Lipinski definition) is 2. The van der Waals surface area contributed by atoms with E-state index in [-0.39, 0.29) is 17.2 Å². The molecule has 0 bridgehead atoms.